The number of amides is 2. The molecule has 0 aliphatic carbocycles. The topological polar surface area (TPSA) is 92.6 Å². The van der Waals surface area contributed by atoms with Gasteiger partial charge in [-0.25, -0.2) is 0 Å². The van der Waals surface area contributed by atoms with Crippen molar-refractivity contribution in [3.8, 4) is 5.75 Å². The highest BCUT2D eigenvalue weighted by Gasteiger charge is 2.12. The van der Waals surface area contributed by atoms with Gasteiger partial charge in [0.2, 0.25) is 0 Å². The zero-order chi connectivity index (χ0) is 24.6. The molecule has 0 fully saturated rings. The van der Waals surface area contributed by atoms with E-state index < -0.39 is 0 Å². The molecule has 4 rings (SSSR count). The molecule has 4 aromatic rings. The Bertz CT molecular complexity index is 1320. The van der Waals surface area contributed by atoms with Gasteiger partial charge in [0.25, 0.3) is 11.8 Å². The lowest BCUT2D eigenvalue weighted by molar-refractivity contribution is 0.0975. The molecule has 2 amide bonds. The SMILES string of the molecule is Cc1cc(NC(=S)NC(=O)c2ccc(OCc3ccccc3)cc2)ccc1NC(=O)c1ccco1. The van der Waals surface area contributed by atoms with Crippen molar-refractivity contribution in [3.63, 3.8) is 0 Å². The van der Waals surface area contributed by atoms with Crippen molar-refractivity contribution in [3.05, 3.63) is 114 Å². The van der Waals surface area contributed by atoms with E-state index in [1.165, 1.54) is 6.26 Å². The molecule has 0 aliphatic rings. The van der Waals surface area contributed by atoms with Crippen LogP contribution in [0.15, 0.2) is 95.6 Å². The third-order valence-electron chi connectivity index (χ3n) is 5.07. The maximum atomic E-state index is 12.6. The van der Waals surface area contributed by atoms with Gasteiger partial charge in [-0.05, 0) is 84.9 Å². The molecule has 35 heavy (non-hydrogen) atoms. The standard InChI is InChI=1S/C27H23N3O4S/c1-18-16-21(11-14-23(18)29-26(32)24-8-5-15-33-24)28-27(35)30-25(31)20-9-12-22(13-10-20)34-17-19-6-3-2-4-7-19/h2-16H,17H2,1H3,(H,29,32)(H2,28,30,31,35). The van der Waals surface area contributed by atoms with E-state index in [-0.39, 0.29) is 22.7 Å². The molecule has 0 saturated heterocycles. The molecule has 0 radical (unpaired) electrons. The molecule has 3 aromatic carbocycles. The lowest BCUT2D eigenvalue weighted by Crippen LogP contribution is -2.34. The van der Waals surface area contributed by atoms with Crippen LogP contribution in [-0.2, 0) is 6.61 Å². The molecule has 0 unspecified atom stereocenters. The quantitative estimate of drug-likeness (QED) is 0.298. The molecule has 0 saturated carbocycles. The van der Waals surface area contributed by atoms with E-state index >= 15 is 0 Å². The van der Waals surface area contributed by atoms with Crippen molar-refractivity contribution in [1.29, 1.82) is 0 Å². The first-order valence-electron chi connectivity index (χ1n) is 10.8. The number of carbonyl (C=O) groups excluding carboxylic acids is 2. The number of hydrogen-bond acceptors (Lipinski definition) is 5. The van der Waals surface area contributed by atoms with Crippen LogP contribution in [0.25, 0.3) is 0 Å². The van der Waals surface area contributed by atoms with E-state index in [9.17, 15) is 9.59 Å². The van der Waals surface area contributed by atoms with Gasteiger partial charge >= 0.3 is 0 Å². The van der Waals surface area contributed by atoms with Gasteiger partial charge in [-0.1, -0.05) is 30.3 Å². The Morgan fingerprint density at radius 2 is 1.66 bits per heavy atom. The molecule has 3 N–H and O–H groups in total. The lowest BCUT2D eigenvalue weighted by atomic mass is 10.1. The van der Waals surface area contributed by atoms with Gasteiger partial charge in [-0.3, -0.25) is 14.9 Å². The second-order valence-corrected chi connectivity index (χ2v) is 8.08. The summed E-state index contributed by atoms with van der Waals surface area (Å²) in [7, 11) is 0. The molecule has 1 aromatic heterocycles. The predicted molar refractivity (Wildman–Crippen MR) is 139 cm³/mol. The summed E-state index contributed by atoms with van der Waals surface area (Å²) in [4.78, 5) is 24.7. The van der Waals surface area contributed by atoms with E-state index in [0.717, 1.165) is 11.1 Å². The molecule has 8 heteroatoms. The Balaban J connectivity index is 1.28. The molecule has 0 bridgehead atoms. The number of rotatable bonds is 7. The largest absolute Gasteiger partial charge is 0.489 e. The summed E-state index contributed by atoms with van der Waals surface area (Å²) < 4.78 is 10.9. The molecule has 7 nitrogen and oxygen atoms in total. The summed E-state index contributed by atoms with van der Waals surface area (Å²) in [6.07, 6.45) is 1.44. The molecule has 0 spiro atoms. The second kappa shape index (κ2) is 11.1. The number of ether oxygens (including phenoxy) is 1. The van der Waals surface area contributed by atoms with E-state index in [4.69, 9.17) is 21.4 Å². The van der Waals surface area contributed by atoms with Gasteiger partial charge in [0.15, 0.2) is 10.9 Å². The van der Waals surface area contributed by atoms with Crippen LogP contribution in [0, 0.1) is 6.92 Å². The number of anilines is 2. The zero-order valence-electron chi connectivity index (χ0n) is 18.9. The van der Waals surface area contributed by atoms with Crippen LogP contribution in [0.4, 0.5) is 11.4 Å². The van der Waals surface area contributed by atoms with Crippen LogP contribution >= 0.6 is 12.2 Å². The van der Waals surface area contributed by atoms with Gasteiger partial charge in [-0.15, -0.1) is 0 Å². The van der Waals surface area contributed by atoms with Crippen molar-refractivity contribution >= 4 is 40.5 Å². The Hall–Kier alpha value is -4.43. The monoisotopic (exact) mass is 485 g/mol. The van der Waals surface area contributed by atoms with Crippen molar-refractivity contribution in [1.82, 2.24) is 5.32 Å². The number of carbonyl (C=O) groups is 2. The van der Waals surface area contributed by atoms with Crippen molar-refractivity contribution in [2.45, 2.75) is 13.5 Å². The van der Waals surface area contributed by atoms with E-state index in [1.54, 1.807) is 48.5 Å². The van der Waals surface area contributed by atoms with Crippen molar-refractivity contribution < 1.29 is 18.7 Å². The molecule has 1 heterocycles. The molecule has 0 aliphatic heterocycles. The van der Waals surface area contributed by atoms with Gasteiger partial charge < -0.3 is 19.8 Å². The Morgan fingerprint density at radius 1 is 0.886 bits per heavy atom. The van der Waals surface area contributed by atoms with Crippen LogP contribution in [0.5, 0.6) is 5.75 Å². The Kier molecular flexibility index (Phi) is 7.54. The third-order valence-corrected chi connectivity index (χ3v) is 5.27. The summed E-state index contributed by atoms with van der Waals surface area (Å²) in [5.41, 5.74) is 3.65. The van der Waals surface area contributed by atoms with E-state index in [1.807, 2.05) is 43.3 Å². The number of thiocarbonyl (C=S) groups is 1. The van der Waals surface area contributed by atoms with Gasteiger partial charge in [0, 0.05) is 16.9 Å². The second-order valence-electron chi connectivity index (χ2n) is 7.67. The normalized spacial score (nSPS) is 10.3. The van der Waals surface area contributed by atoms with E-state index in [0.29, 0.717) is 29.3 Å². The maximum absolute atomic E-state index is 12.6. The highest BCUT2D eigenvalue weighted by atomic mass is 32.1. The minimum Gasteiger partial charge on any atom is -0.489 e. The summed E-state index contributed by atoms with van der Waals surface area (Å²) in [6, 6.07) is 25.2. The summed E-state index contributed by atoms with van der Waals surface area (Å²) in [5.74, 6) is 0.223. The molecule has 176 valence electrons. The number of aryl methyl sites for hydroxylation is 1. The Labute approximate surface area is 208 Å². The number of hydrogen-bond donors (Lipinski definition) is 3. The average Bonchev–Trinajstić information content (AvgIpc) is 3.41. The van der Waals surface area contributed by atoms with Crippen LogP contribution < -0.4 is 20.7 Å². The third kappa shape index (κ3) is 6.55. The first-order valence-corrected chi connectivity index (χ1v) is 11.2. The first-order chi connectivity index (χ1) is 17.0. The molecule has 0 atom stereocenters. The number of benzene rings is 3. The Morgan fingerprint density at radius 3 is 2.34 bits per heavy atom. The van der Waals surface area contributed by atoms with Crippen LogP contribution in [0.2, 0.25) is 0 Å². The maximum Gasteiger partial charge on any atom is 0.291 e. The van der Waals surface area contributed by atoms with Gasteiger partial charge in [0.1, 0.15) is 12.4 Å². The molecular weight excluding hydrogens is 462 g/mol. The van der Waals surface area contributed by atoms with E-state index in [2.05, 4.69) is 16.0 Å². The lowest BCUT2D eigenvalue weighted by Gasteiger charge is -2.13. The summed E-state index contributed by atoms with van der Waals surface area (Å²) in [5, 5.41) is 8.61. The highest BCUT2D eigenvalue weighted by Crippen LogP contribution is 2.21. The predicted octanol–water partition coefficient (Wildman–Crippen LogP) is 5.55. The fourth-order valence-corrected chi connectivity index (χ4v) is 3.46. The fourth-order valence-electron chi connectivity index (χ4n) is 3.25. The van der Waals surface area contributed by atoms with Crippen molar-refractivity contribution in [2.75, 3.05) is 10.6 Å². The highest BCUT2D eigenvalue weighted by molar-refractivity contribution is 7.80. The van der Waals surface area contributed by atoms with Gasteiger partial charge in [-0.2, -0.15) is 0 Å². The number of furan rings is 1. The summed E-state index contributed by atoms with van der Waals surface area (Å²) in [6.45, 7) is 2.30. The summed E-state index contributed by atoms with van der Waals surface area (Å²) >= 11 is 5.28. The van der Waals surface area contributed by atoms with Crippen molar-refractivity contribution in [2.24, 2.45) is 0 Å². The van der Waals surface area contributed by atoms with Crippen LogP contribution in [0.3, 0.4) is 0 Å². The first kappa shape index (κ1) is 23.7. The fraction of sp³-hybridized carbons (Fsp3) is 0.0741. The number of nitrogens with one attached hydrogen (secondary N) is 3. The zero-order valence-corrected chi connectivity index (χ0v) is 19.7. The van der Waals surface area contributed by atoms with Crippen LogP contribution in [0.1, 0.15) is 32.0 Å². The van der Waals surface area contributed by atoms with Gasteiger partial charge in [0.05, 0.1) is 6.26 Å². The smallest absolute Gasteiger partial charge is 0.291 e. The minimum absolute atomic E-state index is 0.158. The molecular formula is C27H23N3O4S. The van der Waals surface area contributed by atoms with Crippen LogP contribution in [-0.4, -0.2) is 16.9 Å². The average molecular weight is 486 g/mol. The minimum atomic E-state index is -0.337.